The Morgan fingerprint density at radius 1 is 1.05 bits per heavy atom. The average Bonchev–Trinajstić information content (AvgIpc) is 2.84. The number of benzene rings is 1. The van der Waals surface area contributed by atoms with Gasteiger partial charge in [-0.3, -0.25) is 5.10 Å². The average molecular weight is 300 g/mol. The van der Waals surface area contributed by atoms with Gasteiger partial charge < -0.3 is 5.32 Å². The molecular formula is C11H5ClF3N5. The summed E-state index contributed by atoms with van der Waals surface area (Å²) in [5, 5.41) is 9.17. The van der Waals surface area contributed by atoms with Crippen molar-refractivity contribution in [2.75, 3.05) is 5.32 Å². The summed E-state index contributed by atoms with van der Waals surface area (Å²) in [7, 11) is 0. The van der Waals surface area contributed by atoms with Crippen molar-refractivity contribution in [2.24, 2.45) is 0 Å². The summed E-state index contributed by atoms with van der Waals surface area (Å²) in [5.74, 6) is -3.30. The van der Waals surface area contributed by atoms with Gasteiger partial charge in [0.1, 0.15) is 11.6 Å². The number of halogens is 4. The molecule has 0 spiro atoms. The number of H-pyrrole nitrogens is 1. The Morgan fingerprint density at radius 3 is 2.60 bits per heavy atom. The first-order chi connectivity index (χ1) is 9.54. The highest BCUT2D eigenvalue weighted by atomic mass is 35.5. The second-order valence-electron chi connectivity index (χ2n) is 3.84. The van der Waals surface area contributed by atoms with Crippen molar-refractivity contribution in [3.63, 3.8) is 0 Å². The van der Waals surface area contributed by atoms with Crippen LogP contribution in [0.15, 0.2) is 18.3 Å². The van der Waals surface area contributed by atoms with Gasteiger partial charge in [-0.05, 0) is 11.6 Å². The number of rotatable bonds is 2. The van der Waals surface area contributed by atoms with Crippen LogP contribution in [-0.2, 0) is 0 Å². The monoisotopic (exact) mass is 299 g/mol. The second kappa shape index (κ2) is 4.64. The number of aromatic amines is 1. The van der Waals surface area contributed by atoms with Gasteiger partial charge in [-0.15, -0.1) is 0 Å². The molecule has 20 heavy (non-hydrogen) atoms. The summed E-state index contributed by atoms with van der Waals surface area (Å²) < 4.78 is 39.6. The summed E-state index contributed by atoms with van der Waals surface area (Å²) in [6, 6.07) is 1.12. The van der Waals surface area contributed by atoms with E-state index >= 15 is 0 Å². The fourth-order valence-electron chi connectivity index (χ4n) is 1.65. The van der Waals surface area contributed by atoms with Crippen molar-refractivity contribution in [1.29, 1.82) is 0 Å². The molecule has 0 amide bonds. The number of hydrogen-bond acceptors (Lipinski definition) is 4. The van der Waals surface area contributed by atoms with Gasteiger partial charge in [0, 0.05) is 12.1 Å². The van der Waals surface area contributed by atoms with Gasteiger partial charge in [0.25, 0.3) is 0 Å². The van der Waals surface area contributed by atoms with E-state index in [9.17, 15) is 13.2 Å². The van der Waals surface area contributed by atoms with Gasteiger partial charge >= 0.3 is 0 Å². The fraction of sp³-hybridized carbons (Fsp3) is 0. The van der Waals surface area contributed by atoms with E-state index in [1.54, 1.807) is 0 Å². The zero-order valence-corrected chi connectivity index (χ0v) is 10.3. The summed E-state index contributed by atoms with van der Waals surface area (Å²) in [6.07, 6.45) is 1.39. The van der Waals surface area contributed by atoms with E-state index in [0.29, 0.717) is 23.2 Å². The standard InChI is InChI=1S/C11H5ClF3N5/c12-11-18-9(4-3-16-20-10(4)19-11)17-8-2-6(14)5(13)1-7(8)15/h1-3H,(H2,16,17,18,19,20). The molecular weight excluding hydrogens is 295 g/mol. The number of aromatic nitrogens is 4. The van der Waals surface area contributed by atoms with Crippen LogP contribution in [0.4, 0.5) is 24.7 Å². The van der Waals surface area contributed by atoms with Crippen molar-refractivity contribution < 1.29 is 13.2 Å². The molecule has 2 N–H and O–H groups in total. The lowest BCUT2D eigenvalue weighted by molar-refractivity contribution is 0.496. The van der Waals surface area contributed by atoms with Crippen LogP contribution >= 0.6 is 11.6 Å². The zero-order chi connectivity index (χ0) is 14.3. The molecule has 0 unspecified atom stereocenters. The number of anilines is 2. The van der Waals surface area contributed by atoms with Crippen LogP contribution < -0.4 is 5.32 Å². The molecule has 9 heteroatoms. The molecule has 0 saturated carbocycles. The first-order valence-corrected chi connectivity index (χ1v) is 5.70. The van der Waals surface area contributed by atoms with Crippen molar-refractivity contribution >= 4 is 34.1 Å². The first-order valence-electron chi connectivity index (χ1n) is 5.33. The van der Waals surface area contributed by atoms with Crippen LogP contribution in [0.5, 0.6) is 0 Å². The molecule has 0 aliphatic heterocycles. The van der Waals surface area contributed by atoms with Crippen LogP contribution in [0.1, 0.15) is 0 Å². The lowest BCUT2D eigenvalue weighted by Crippen LogP contribution is -2.00. The molecule has 0 bridgehead atoms. The summed E-state index contributed by atoms with van der Waals surface area (Å²) in [6.45, 7) is 0. The van der Waals surface area contributed by atoms with E-state index in [1.807, 2.05) is 0 Å². The molecule has 102 valence electrons. The van der Waals surface area contributed by atoms with Gasteiger partial charge in [0.05, 0.1) is 17.3 Å². The number of nitrogens with zero attached hydrogens (tertiary/aromatic N) is 3. The van der Waals surface area contributed by atoms with Crippen LogP contribution in [0.3, 0.4) is 0 Å². The second-order valence-corrected chi connectivity index (χ2v) is 4.18. The summed E-state index contributed by atoms with van der Waals surface area (Å²) in [4.78, 5) is 7.72. The van der Waals surface area contributed by atoms with Gasteiger partial charge in [-0.25, -0.2) is 13.2 Å². The topological polar surface area (TPSA) is 66.5 Å². The molecule has 3 aromatic rings. The lowest BCUT2D eigenvalue weighted by atomic mass is 10.2. The largest absolute Gasteiger partial charge is 0.337 e. The van der Waals surface area contributed by atoms with Crippen molar-refractivity contribution in [1.82, 2.24) is 20.2 Å². The maximum atomic E-state index is 13.6. The van der Waals surface area contributed by atoms with Gasteiger partial charge in [0.2, 0.25) is 5.28 Å². The van der Waals surface area contributed by atoms with E-state index in [2.05, 4.69) is 25.5 Å². The number of hydrogen-bond donors (Lipinski definition) is 2. The third-order valence-corrected chi connectivity index (χ3v) is 2.71. The fourth-order valence-corrected chi connectivity index (χ4v) is 1.82. The lowest BCUT2D eigenvalue weighted by Gasteiger charge is -2.08. The molecule has 0 aliphatic carbocycles. The Kier molecular flexibility index (Phi) is 2.94. The van der Waals surface area contributed by atoms with E-state index < -0.39 is 17.5 Å². The minimum atomic E-state index is -1.28. The van der Waals surface area contributed by atoms with Crippen LogP contribution in [0.25, 0.3) is 11.0 Å². The van der Waals surface area contributed by atoms with Gasteiger partial charge in [-0.1, -0.05) is 0 Å². The molecule has 2 aromatic heterocycles. The van der Waals surface area contributed by atoms with E-state index in [1.165, 1.54) is 6.20 Å². The third-order valence-electron chi connectivity index (χ3n) is 2.55. The van der Waals surface area contributed by atoms with Crippen molar-refractivity contribution in [3.05, 3.63) is 41.1 Å². The Balaban J connectivity index is 2.09. The highest BCUT2D eigenvalue weighted by Crippen LogP contribution is 2.26. The quantitative estimate of drug-likeness (QED) is 0.563. The molecule has 0 fully saturated rings. The summed E-state index contributed by atoms with van der Waals surface area (Å²) in [5.41, 5.74) is 0.0525. The molecule has 3 rings (SSSR count). The molecule has 0 saturated heterocycles. The maximum Gasteiger partial charge on any atom is 0.226 e. The molecule has 0 radical (unpaired) electrons. The van der Waals surface area contributed by atoms with E-state index in [0.717, 1.165) is 0 Å². The van der Waals surface area contributed by atoms with E-state index in [-0.39, 0.29) is 16.8 Å². The molecule has 1 aromatic carbocycles. The Morgan fingerprint density at radius 2 is 1.80 bits per heavy atom. The highest BCUT2D eigenvalue weighted by Gasteiger charge is 2.13. The van der Waals surface area contributed by atoms with Crippen LogP contribution in [0.2, 0.25) is 5.28 Å². The van der Waals surface area contributed by atoms with Gasteiger partial charge in [-0.2, -0.15) is 15.1 Å². The Labute approximate surface area is 114 Å². The van der Waals surface area contributed by atoms with Crippen molar-refractivity contribution in [3.8, 4) is 0 Å². The minimum Gasteiger partial charge on any atom is -0.337 e. The summed E-state index contributed by atoms with van der Waals surface area (Å²) >= 11 is 5.71. The normalized spacial score (nSPS) is 11.0. The molecule has 2 heterocycles. The maximum absolute atomic E-state index is 13.6. The van der Waals surface area contributed by atoms with Crippen LogP contribution in [0, 0.1) is 17.5 Å². The van der Waals surface area contributed by atoms with Crippen molar-refractivity contribution in [2.45, 2.75) is 0 Å². The molecule has 5 nitrogen and oxygen atoms in total. The zero-order valence-electron chi connectivity index (χ0n) is 9.59. The van der Waals surface area contributed by atoms with Gasteiger partial charge in [0.15, 0.2) is 17.3 Å². The molecule has 0 aliphatic rings. The number of nitrogens with one attached hydrogen (secondary N) is 2. The Hall–Kier alpha value is -2.35. The van der Waals surface area contributed by atoms with Crippen LogP contribution in [-0.4, -0.2) is 20.2 Å². The highest BCUT2D eigenvalue weighted by molar-refractivity contribution is 6.28. The first kappa shape index (κ1) is 12.7. The predicted molar refractivity (Wildman–Crippen MR) is 66.3 cm³/mol. The third kappa shape index (κ3) is 2.14. The minimum absolute atomic E-state index is 0.104. The number of fused-ring (bicyclic) bond motifs is 1. The SMILES string of the molecule is Fc1cc(F)c(Nc2nc(Cl)nc3[nH]ncc23)cc1F. The van der Waals surface area contributed by atoms with E-state index in [4.69, 9.17) is 11.6 Å². The Bertz CT molecular complexity index is 804. The molecule has 0 atom stereocenters. The smallest absolute Gasteiger partial charge is 0.226 e. The predicted octanol–water partition coefficient (Wildman–Crippen LogP) is 3.17.